The van der Waals surface area contributed by atoms with Gasteiger partial charge in [-0.25, -0.2) is 4.98 Å². The largest absolute Gasteiger partial charge is 0.456 e. The number of hydrogen-bond acceptors (Lipinski definition) is 3. The van der Waals surface area contributed by atoms with Crippen LogP contribution in [0.4, 0.5) is 0 Å². The first kappa shape index (κ1) is 9.84. The topological polar surface area (TPSA) is 39.9 Å². The molecule has 0 atom stereocenters. The van der Waals surface area contributed by atoms with Gasteiger partial charge in [0.2, 0.25) is 0 Å². The lowest BCUT2D eigenvalue weighted by atomic mass is 10.3. The molecule has 4 heteroatoms. The summed E-state index contributed by atoms with van der Waals surface area (Å²) >= 11 is 0. The summed E-state index contributed by atoms with van der Waals surface area (Å²) < 4.78 is 7.67. The predicted molar refractivity (Wildman–Crippen MR) is 65.0 cm³/mol. The minimum absolute atomic E-state index is 0.731. The normalized spacial score (nSPS) is 10.6. The van der Waals surface area contributed by atoms with Crippen LogP contribution < -0.4 is 4.74 Å². The van der Waals surface area contributed by atoms with Crippen molar-refractivity contribution in [3.8, 4) is 11.5 Å². The Labute approximate surface area is 98.5 Å². The monoisotopic (exact) mass is 225 g/mol. The van der Waals surface area contributed by atoms with Crippen LogP contribution in [0.15, 0.2) is 49.1 Å². The molecule has 2 aromatic heterocycles. The second kappa shape index (κ2) is 3.90. The lowest BCUT2D eigenvalue weighted by Crippen LogP contribution is -1.87. The Balaban J connectivity index is 1.98. The summed E-state index contributed by atoms with van der Waals surface area (Å²) in [6.07, 6.45) is 5.20. The predicted octanol–water partition coefficient (Wildman–Crippen LogP) is 2.76. The first-order valence-electron chi connectivity index (χ1n) is 5.32. The standard InChI is InChI=1S/C13H11N3O/c1-16-9-15-12-5-4-10(7-13(12)16)17-11-3-2-6-14-8-11/h2-9H,1H3. The van der Waals surface area contributed by atoms with Gasteiger partial charge in [0.05, 0.1) is 23.6 Å². The molecule has 3 rings (SSSR count). The number of rotatable bonds is 2. The average Bonchev–Trinajstić information content (AvgIpc) is 2.73. The zero-order valence-electron chi connectivity index (χ0n) is 9.37. The summed E-state index contributed by atoms with van der Waals surface area (Å²) in [7, 11) is 1.96. The van der Waals surface area contributed by atoms with E-state index in [4.69, 9.17) is 4.74 Å². The lowest BCUT2D eigenvalue weighted by Gasteiger charge is -2.05. The van der Waals surface area contributed by atoms with Gasteiger partial charge in [0, 0.05) is 19.3 Å². The van der Waals surface area contributed by atoms with E-state index in [0.717, 1.165) is 22.5 Å². The molecule has 0 fully saturated rings. The first-order chi connectivity index (χ1) is 8.33. The molecule has 0 spiro atoms. The molecule has 17 heavy (non-hydrogen) atoms. The Morgan fingerprint density at radius 2 is 2.12 bits per heavy atom. The SMILES string of the molecule is Cn1cnc2ccc(Oc3cccnc3)cc21. The van der Waals surface area contributed by atoms with Crippen LogP contribution in [-0.2, 0) is 7.05 Å². The molecule has 0 amide bonds. The van der Waals surface area contributed by atoms with Gasteiger partial charge in [0.1, 0.15) is 11.5 Å². The zero-order chi connectivity index (χ0) is 11.7. The highest BCUT2D eigenvalue weighted by Gasteiger charge is 2.02. The van der Waals surface area contributed by atoms with Crippen molar-refractivity contribution < 1.29 is 4.74 Å². The summed E-state index contributed by atoms with van der Waals surface area (Å²) in [4.78, 5) is 8.27. The van der Waals surface area contributed by atoms with Crippen molar-refractivity contribution >= 4 is 11.0 Å². The van der Waals surface area contributed by atoms with Crippen LogP contribution >= 0.6 is 0 Å². The van der Waals surface area contributed by atoms with E-state index in [0.29, 0.717) is 0 Å². The number of pyridine rings is 1. The highest BCUT2D eigenvalue weighted by Crippen LogP contribution is 2.24. The van der Waals surface area contributed by atoms with Crippen molar-refractivity contribution in [1.82, 2.24) is 14.5 Å². The van der Waals surface area contributed by atoms with Gasteiger partial charge in [0.25, 0.3) is 0 Å². The summed E-state index contributed by atoms with van der Waals surface area (Å²) in [5, 5.41) is 0. The number of fused-ring (bicyclic) bond motifs is 1. The minimum atomic E-state index is 0.731. The maximum atomic E-state index is 5.71. The van der Waals surface area contributed by atoms with E-state index in [-0.39, 0.29) is 0 Å². The van der Waals surface area contributed by atoms with Gasteiger partial charge in [-0.05, 0) is 24.3 Å². The second-order valence-corrected chi connectivity index (χ2v) is 3.80. The number of aromatic nitrogens is 3. The van der Waals surface area contributed by atoms with Crippen LogP contribution in [0, 0.1) is 0 Å². The van der Waals surface area contributed by atoms with Gasteiger partial charge in [-0.1, -0.05) is 0 Å². The van der Waals surface area contributed by atoms with Crippen molar-refractivity contribution in [2.24, 2.45) is 7.05 Å². The fourth-order valence-electron chi connectivity index (χ4n) is 1.71. The molecule has 0 N–H and O–H groups in total. The number of ether oxygens (including phenoxy) is 1. The van der Waals surface area contributed by atoms with Crippen LogP contribution in [0.1, 0.15) is 0 Å². The summed E-state index contributed by atoms with van der Waals surface area (Å²) in [6, 6.07) is 9.54. The van der Waals surface area contributed by atoms with Crippen molar-refractivity contribution in [2.75, 3.05) is 0 Å². The molecule has 3 aromatic rings. The molecule has 0 aliphatic carbocycles. The van der Waals surface area contributed by atoms with E-state index in [1.165, 1.54) is 0 Å². The van der Waals surface area contributed by atoms with E-state index in [9.17, 15) is 0 Å². The Morgan fingerprint density at radius 1 is 1.18 bits per heavy atom. The third kappa shape index (κ3) is 1.85. The van der Waals surface area contributed by atoms with Crippen molar-refractivity contribution in [3.05, 3.63) is 49.1 Å². The highest BCUT2D eigenvalue weighted by atomic mass is 16.5. The van der Waals surface area contributed by atoms with Crippen LogP contribution in [-0.4, -0.2) is 14.5 Å². The number of aryl methyl sites for hydroxylation is 1. The highest BCUT2D eigenvalue weighted by molar-refractivity contribution is 5.77. The lowest BCUT2D eigenvalue weighted by molar-refractivity contribution is 0.481. The molecule has 0 aliphatic heterocycles. The summed E-state index contributed by atoms with van der Waals surface area (Å²) in [6.45, 7) is 0. The zero-order valence-corrected chi connectivity index (χ0v) is 9.37. The van der Waals surface area contributed by atoms with Gasteiger partial charge in [0.15, 0.2) is 0 Å². The Kier molecular flexibility index (Phi) is 2.26. The third-order valence-electron chi connectivity index (χ3n) is 2.57. The molecule has 2 heterocycles. The number of hydrogen-bond donors (Lipinski definition) is 0. The molecule has 84 valence electrons. The number of nitrogens with zero attached hydrogens (tertiary/aromatic N) is 3. The maximum absolute atomic E-state index is 5.71. The van der Waals surface area contributed by atoms with Crippen molar-refractivity contribution in [1.29, 1.82) is 0 Å². The molecule has 1 aromatic carbocycles. The molecule has 0 saturated heterocycles. The molecule has 0 unspecified atom stereocenters. The average molecular weight is 225 g/mol. The fraction of sp³-hybridized carbons (Fsp3) is 0.0769. The van der Waals surface area contributed by atoms with E-state index >= 15 is 0 Å². The smallest absolute Gasteiger partial charge is 0.145 e. The Bertz CT molecular complexity index is 646. The number of benzene rings is 1. The van der Waals surface area contributed by atoms with Crippen LogP contribution in [0.5, 0.6) is 11.5 Å². The van der Waals surface area contributed by atoms with Gasteiger partial charge >= 0.3 is 0 Å². The molecule has 4 nitrogen and oxygen atoms in total. The van der Waals surface area contributed by atoms with Gasteiger partial charge < -0.3 is 9.30 Å². The van der Waals surface area contributed by atoms with Crippen LogP contribution in [0.3, 0.4) is 0 Å². The summed E-state index contributed by atoms with van der Waals surface area (Å²) in [5.74, 6) is 1.52. The fourth-order valence-corrected chi connectivity index (χ4v) is 1.71. The van der Waals surface area contributed by atoms with E-state index < -0.39 is 0 Å². The molecule has 0 bridgehead atoms. The first-order valence-corrected chi connectivity index (χ1v) is 5.32. The Hall–Kier alpha value is -2.36. The maximum Gasteiger partial charge on any atom is 0.145 e. The molecule has 0 aliphatic rings. The quantitative estimate of drug-likeness (QED) is 0.673. The molecule has 0 radical (unpaired) electrons. The minimum Gasteiger partial charge on any atom is -0.456 e. The summed E-state index contributed by atoms with van der Waals surface area (Å²) in [5.41, 5.74) is 2.01. The van der Waals surface area contributed by atoms with Crippen molar-refractivity contribution in [2.45, 2.75) is 0 Å². The molecular weight excluding hydrogens is 214 g/mol. The molecule has 0 saturated carbocycles. The van der Waals surface area contributed by atoms with Gasteiger partial charge in [-0.15, -0.1) is 0 Å². The Morgan fingerprint density at radius 3 is 2.94 bits per heavy atom. The number of imidazole rings is 1. The van der Waals surface area contributed by atoms with E-state index in [2.05, 4.69) is 9.97 Å². The molecular formula is C13H11N3O. The van der Waals surface area contributed by atoms with Gasteiger partial charge in [-0.2, -0.15) is 0 Å². The van der Waals surface area contributed by atoms with Crippen LogP contribution in [0.25, 0.3) is 11.0 Å². The van der Waals surface area contributed by atoms with Crippen LogP contribution in [0.2, 0.25) is 0 Å². The third-order valence-corrected chi connectivity index (χ3v) is 2.57. The van der Waals surface area contributed by atoms with Crippen molar-refractivity contribution in [3.63, 3.8) is 0 Å². The van der Waals surface area contributed by atoms with E-state index in [1.807, 2.05) is 41.9 Å². The van der Waals surface area contributed by atoms with E-state index in [1.54, 1.807) is 18.7 Å². The second-order valence-electron chi connectivity index (χ2n) is 3.80. The van der Waals surface area contributed by atoms with Gasteiger partial charge in [-0.3, -0.25) is 4.98 Å².